The minimum atomic E-state index is -0.269. The predicted molar refractivity (Wildman–Crippen MR) is 108 cm³/mol. The zero-order valence-electron chi connectivity index (χ0n) is 16.1. The number of nitrogens with one attached hydrogen (secondary N) is 1. The number of methoxy groups -OCH3 is 1. The second-order valence-electron chi connectivity index (χ2n) is 7.07. The lowest BCUT2D eigenvalue weighted by atomic mass is 9.99. The van der Waals surface area contributed by atoms with Gasteiger partial charge in [0.15, 0.2) is 0 Å². The van der Waals surface area contributed by atoms with Crippen LogP contribution in [0.1, 0.15) is 35.3 Å². The summed E-state index contributed by atoms with van der Waals surface area (Å²) in [5, 5.41) is 3.33. The van der Waals surface area contributed by atoms with Crippen LogP contribution >= 0.6 is 11.6 Å². The Morgan fingerprint density at radius 3 is 2.67 bits per heavy atom. The van der Waals surface area contributed by atoms with E-state index >= 15 is 0 Å². The second kappa shape index (κ2) is 8.19. The summed E-state index contributed by atoms with van der Waals surface area (Å²) in [4.78, 5) is 15.1. The van der Waals surface area contributed by atoms with E-state index in [2.05, 4.69) is 23.3 Å². The number of fused-ring (bicyclic) bond motifs is 1. The Morgan fingerprint density at radius 2 is 1.96 bits per heavy atom. The number of hydrogen-bond donors (Lipinski definition) is 1. The fourth-order valence-corrected chi connectivity index (χ4v) is 3.41. The fraction of sp³-hybridized carbons (Fsp3) is 0.381. The molecular formula is C21H25ClN2O3. The van der Waals surface area contributed by atoms with Crippen molar-refractivity contribution >= 4 is 23.2 Å². The van der Waals surface area contributed by atoms with Crippen molar-refractivity contribution < 1.29 is 14.3 Å². The normalized spacial score (nSPS) is 14.0. The first-order valence-electron chi connectivity index (χ1n) is 9.03. The van der Waals surface area contributed by atoms with Crippen molar-refractivity contribution in [3.8, 4) is 11.5 Å². The Balaban J connectivity index is 1.84. The maximum atomic E-state index is 12.8. The van der Waals surface area contributed by atoms with Gasteiger partial charge in [-0.15, -0.1) is 0 Å². The number of ether oxygens (including phenoxy) is 2. The first kappa shape index (κ1) is 19.5. The van der Waals surface area contributed by atoms with E-state index in [1.165, 1.54) is 18.2 Å². The molecule has 6 heteroatoms. The van der Waals surface area contributed by atoms with E-state index in [1.54, 1.807) is 12.1 Å². The van der Waals surface area contributed by atoms with Crippen LogP contribution in [0.5, 0.6) is 11.5 Å². The number of carbonyl (C=O) groups excluding carboxylic acids is 1. The molecule has 2 aromatic carbocycles. The SMILES string of the molecule is COc1cc(OC(C)C)c(Cl)cc1C(=O)Nc1ccc2c(c1)CN(C)CC2. The first-order chi connectivity index (χ1) is 12.9. The molecule has 0 fully saturated rings. The Labute approximate surface area is 165 Å². The number of amides is 1. The Hall–Kier alpha value is -2.24. The number of benzene rings is 2. The molecule has 0 aromatic heterocycles. The molecule has 0 saturated heterocycles. The lowest BCUT2D eigenvalue weighted by molar-refractivity contribution is 0.102. The Morgan fingerprint density at radius 1 is 1.19 bits per heavy atom. The van der Waals surface area contributed by atoms with Gasteiger partial charge < -0.3 is 19.7 Å². The van der Waals surface area contributed by atoms with Crippen LogP contribution in [0.4, 0.5) is 5.69 Å². The van der Waals surface area contributed by atoms with Gasteiger partial charge in [0.05, 0.1) is 23.8 Å². The van der Waals surface area contributed by atoms with Crippen molar-refractivity contribution in [2.45, 2.75) is 32.9 Å². The van der Waals surface area contributed by atoms with Gasteiger partial charge in [-0.05, 0) is 56.6 Å². The smallest absolute Gasteiger partial charge is 0.259 e. The molecular weight excluding hydrogens is 364 g/mol. The molecule has 1 N–H and O–H groups in total. The monoisotopic (exact) mass is 388 g/mol. The van der Waals surface area contributed by atoms with Crippen LogP contribution in [0.3, 0.4) is 0 Å². The van der Waals surface area contributed by atoms with Crippen molar-refractivity contribution in [1.82, 2.24) is 4.90 Å². The largest absolute Gasteiger partial charge is 0.496 e. The van der Waals surface area contributed by atoms with Crippen LogP contribution in [0.2, 0.25) is 5.02 Å². The average molecular weight is 389 g/mol. The van der Waals surface area contributed by atoms with Gasteiger partial charge in [-0.3, -0.25) is 4.79 Å². The van der Waals surface area contributed by atoms with Crippen molar-refractivity contribution in [1.29, 1.82) is 0 Å². The molecule has 1 aliphatic rings. The summed E-state index contributed by atoms with van der Waals surface area (Å²) in [5.41, 5.74) is 3.71. The lowest BCUT2D eigenvalue weighted by Crippen LogP contribution is -2.26. The number of halogens is 1. The molecule has 0 saturated carbocycles. The highest BCUT2D eigenvalue weighted by Gasteiger charge is 2.19. The number of rotatable bonds is 5. The highest BCUT2D eigenvalue weighted by atomic mass is 35.5. The Bertz CT molecular complexity index is 852. The first-order valence-corrected chi connectivity index (χ1v) is 9.41. The molecule has 1 amide bonds. The molecule has 3 rings (SSSR count). The van der Waals surface area contributed by atoms with Crippen LogP contribution in [-0.4, -0.2) is 37.6 Å². The standard InChI is InChI=1S/C21H25ClN2O3/c1-13(2)27-20-11-19(26-4)17(10-18(20)22)21(25)23-16-6-5-14-7-8-24(3)12-15(14)9-16/h5-6,9-11,13H,7-8,12H2,1-4H3,(H,23,25). The van der Waals surface area contributed by atoms with E-state index in [0.29, 0.717) is 22.1 Å². The van der Waals surface area contributed by atoms with Crippen molar-refractivity contribution in [2.24, 2.45) is 0 Å². The van der Waals surface area contributed by atoms with Gasteiger partial charge in [0.2, 0.25) is 0 Å². The molecule has 0 spiro atoms. The van der Waals surface area contributed by atoms with E-state index in [0.717, 1.165) is 25.2 Å². The third kappa shape index (κ3) is 4.54. The molecule has 0 bridgehead atoms. The van der Waals surface area contributed by atoms with Gasteiger partial charge in [-0.2, -0.15) is 0 Å². The van der Waals surface area contributed by atoms with Crippen LogP contribution in [0, 0.1) is 0 Å². The maximum Gasteiger partial charge on any atom is 0.259 e. The van der Waals surface area contributed by atoms with Crippen molar-refractivity contribution in [2.75, 3.05) is 26.0 Å². The minimum absolute atomic E-state index is 0.0273. The van der Waals surface area contributed by atoms with E-state index in [9.17, 15) is 4.79 Å². The van der Waals surface area contributed by atoms with Gasteiger partial charge >= 0.3 is 0 Å². The summed E-state index contributed by atoms with van der Waals surface area (Å²) >= 11 is 6.29. The number of hydrogen-bond acceptors (Lipinski definition) is 4. The minimum Gasteiger partial charge on any atom is -0.496 e. The van der Waals surface area contributed by atoms with Gasteiger partial charge in [-0.1, -0.05) is 17.7 Å². The van der Waals surface area contributed by atoms with E-state index < -0.39 is 0 Å². The summed E-state index contributed by atoms with van der Waals surface area (Å²) in [7, 11) is 3.62. The zero-order chi connectivity index (χ0) is 19.6. The second-order valence-corrected chi connectivity index (χ2v) is 7.48. The fourth-order valence-electron chi connectivity index (χ4n) is 3.20. The summed E-state index contributed by atoms with van der Waals surface area (Å²) in [6.07, 6.45) is 1.00. The molecule has 1 heterocycles. The van der Waals surface area contributed by atoms with E-state index in [1.807, 2.05) is 26.0 Å². The summed E-state index contributed by atoms with van der Waals surface area (Å²) < 4.78 is 11.0. The molecule has 2 aromatic rings. The molecule has 0 unspecified atom stereocenters. The average Bonchev–Trinajstić information content (AvgIpc) is 2.62. The summed E-state index contributed by atoms with van der Waals surface area (Å²) in [6, 6.07) is 9.29. The predicted octanol–water partition coefficient (Wildman–Crippen LogP) is 4.38. The quantitative estimate of drug-likeness (QED) is 0.826. The van der Waals surface area contributed by atoms with Crippen LogP contribution in [0.15, 0.2) is 30.3 Å². The van der Waals surface area contributed by atoms with Crippen LogP contribution in [-0.2, 0) is 13.0 Å². The third-order valence-electron chi connectivity index (χ3n) is 4.53. The van der Waals surface area contributed by atoms with Crippen LogP contribution in [0.25, 0.3) is 0 Å². The van der Waals surface area contributed by atoms with Gasteiger partial charge in [0.25, 0.3) is 5.91 Å². The zero-order valence-corrected chi connectivity index (χ0v) is 16.9. The number of carbonyl (C=O) groups is 1. The van der Waals surface area contributed by atoms with E-state index in [4.69, 9.17) is 21.1 Å². The van der Waals surface area contributed by atoms with E-state index in [-0.39, 0.29) is 12.0 Å². The van der Waals surface area contributed by atoms with Gasteiger partial charge in [0.1, 0.15) is 11.5 Å². The molecule has 0 aliphatic carbocycles. The highest BCUT2D eigenvalue weighted by Crippen LogP contribution is 2.34. The lowest BCUT2D eigenvalue weighted by Gasteiger charge is -2.25. The van der Waals surface area contributed by atoms with Crippen molar-refractivity contribution in [3.05, 3.63) is 52.0 Å². The third-order valence-corrected chi connectivity index (χ3v) is 4.82. The summed E-state index contributed by atoms with van der Waals surface area (Å²) in [6.45, 7) is 5.77. The molecule has 0 radical (unpaired) electrons. The highest BCUT2D eigenvalue weighted by molar-refractivity contribution is 6.32. The number of anilines is 1. The topological polar surface area (TPSA) is 50.8 Å². The number of nitrogens with zero attached hydrogens (tertiary/aromatic N) is 1. The summed E-state index contributed by atoms with van der Waals surface area (Å²) in [5.74, 6) is 0.649. The molecule has 0 atom stereocenters. The molecule has 27 heavy (non-hydrogen) atoms. The number of likely N-dealkylation sites (N-methyl/N-ethyl adjacent to an activating group) is 1. The maximum absolute atomic E-state index is 12.8. The Kier molecular flexibility index (Phi) is 5.92. The van der Waals surface area contributed by atoms with Gasteiger partial charge in [-0.25, -0.2) is 0 Å². The van der Waals surface area contributed by atoms with Crippen LogP contribution < -0.4 is 14.8 Å². The molecule has 144 valence electrons. The van der Waals surface area contributed by atoms with Crippen molar-refractivity contribution in [3.63, 3.8) is 0 Å². The molecule has 1 aliphatic heterocycles. The molecule has 5 nitrogen and oxygen atoms in total. The van der Waals surface area contributed by atoms with Gasteiger partial charge in [0, 0.05) is 24.8 Å².